The van der Waals surface area contributed by atoms with Gasteiger partial charge in [-0.3, -0.25) is 59.2 Å². The number of aliphatic hydroxyl groups excluding tert-OH is 16. The Morgan fingerprint density at radius 2 is 0.579 bits per heavy atom. The first-order valence-corrected chi connectivity index (χ1v) is 34.9. The number of carbonyl (C=O) groups is 10. The Kier molecular flexibility index (Phi) is 42.6. The Labute approximate surface area is 612 Å². The molecule has 4 aliphatic heterocycles. The summed E-state index contributed by atoms with van der Waals surface area (Å²) in [6.45, 7) is -7.32. The Bertz CT molecular complexity index is 2740. The molecular formula is C61H108N12O34. The molecule has 0 bridgehead atoms. The number of hydrogen-bond donors (Lipinski definition) is 28. The highest BCUT2D eigenvalue weighted by Gasteiger charge is 2.48. The van der Waals surface area contributed by atoms with Crippen LogP contribution in [0.5, 0.6) is 0 Å². The average Bonchev–Trinajstić information content (AvgIpc) is 0.839. The summed E-state index contributed by atoms with van der Waals surface area (Å²) in [4.78, 5) is 133. The van der Waals surface area contributed by atoms with Gasteiger partial charge in [0.05, 0.1) is 33.0 Å². The number of rotatable bonds is 49. The minimum absolute atomic E-state index is 0.000661. The molecule has 0 saturated carbocycles. The molecule has 0 aromatic heterocycles. The second-order valence-electron chi connectivity index (χ2n) is 25.6. The molecule has 0 aromatic carbocycles. The van der Waals surface area contributed by atoms with Crippen LogP contribution in [-0.4, -0.2) is 380 Å². The molecule has 0 radical (unpaired) electrons. The molecule has 4 heterocycles. The number of ether oxygens (including phenoxy) is 8. The van der Waals surface area contributed by atoms with E-state index in [2.05, 4.69) is 53.3 Å². The maximum Gasteiger partial charge on any atom is 0.246 e. The third-order valence-electron chi connectivity index (χ3n) is 17.4. The molecule has 24 atom stereocenters. The minimum atomic E-state index is -1.95. The first kappa shape index (κ1) is 93.0. The van der Waals surface area contributed by atoms with Crippen LogP contribution in [0.1, 0.15) is 83.5 Å². The first-order valence-electron chi connectivity index (χ1n) is 34.9. The molecule has 4 rings (SSSR count). The number of carbonyl (C=O) groups excluding carboxylic acids is 10. The predicted octanol–water partition coefficient (Wildman–Crippen LogP) is -16.2. The predicted molar refractivity (Wildman–Crippen MR) is 353 cm³/mol. The van der Waals surface area contributed by atoms with Crippen molar-refractivity contribution in [3.05, 3.63) is 0 Å². The summed E-state index contributed by atoms with van der Waals surface area (Å²) >= 11 is 0. The van der Waals surface area contributed by atoms with Gasteiger partial charge in [0, 0.05) is 39.1 Å². The molecule has 4 saturated heterocycles. The molecule has 46 nitrogen and oxygen atoms in total. The molecule has 46 heteroatoms. The van der Waals surface area contributed by atoms with E-state index in [1.165, 1.54) is 0 Å². The largest absolute Gasteiger partial charge is 0.394 e. The van der Waals surface area contributed by atoms with Gasteiger partial charge in [-0.05, 0) is 77.0 Å². The van der Waals surface area contributed by atoms with Gasteiger partial charge in [0.1, 0.15) is 148 Å². The van der Waals surface area contributed by atoms with Crippen LogP contribution in [0.25, 0.3) is 0 Å². The Morgan fingerprint density at radius 3 is 0.879 bits per heavy atom. The minimum Gasteiger partial charge on any atom is -0.394 e. The molecular weight excluding hydrogens is 1440 g/mol. The van der Waals surface area contributed by atoms with Crippen LogP contribution < -0.4 is 64.9 Å². The number of aliphatic hydroxyl groups is 16. The molecule has 30 N–H and O–H groups in total. The summed E-state index contributed by atoms with van der Waals surface area (Å²) in [7, 11) is 0. The standard InChI is InChI=1S/C61H108N12O34/c62-36(78)13-18-68-55(97)29(10-2-5-14-64-37(79)19-69-63)72-57(99)31(73-56(98)30(71-41(83)27-103-61-53(95)49(91)45(87)35(23-77)107-61)11-3-7-16-66-39(81)25-101-59-51(93)47(89)43(85)33(21-75)105-59)12-4-8-17-67-54(96)28(70-40(82)26-102-60-52(94)48(90)44(86)34(22-76)106-60)9-1-6-15-65-38(80)24-100-58-50(92)46(88)42(84)32(20-74)104-58/h28-35,42-53,58-61,69,74-77,84-95H,1-27,63H2,(H2,62,78)(H,64,79)(H,65,80)(H,66,81)(H,67,96)(H,68,97)(H,70,82)(H,71,83)(H,72,99)(H,73,98)/t28-,29-,30-,31-,32+,33+,34+,35+,42-,43-,44-,45-,46-,47-,48-,49-,50+,51+,52+,53+,58-,59-,60-,61-/m0/s1. The number of primary amides is 1. The lowest BCUT2D eigenvalue weighted by atomic mass is 9.99. The monoisotopic (exact) mass is 1550 g/mol. The quantitative estimate of drug-likeness (QED) is 0.0153. The highest BCUT2D eigenvalue weighted by atomic mass is 16.7. The summed E-state index contributed by atoms with van der Waals surface area (Å²) < 4.78 is 42.4. The van der Waals surface area contributed by atoms with E-state index >= 15 is 0 Å². The molecule has 0 unspecified atom stereocenters. The fourth-order valence-corrected chi connectivity index (χ4v) is 11.1. The average molecular weight is 1550 g/mol. The van der Waals surface area contributed by atoms with E-state index in [-0.39, 0.29) is 123 Å². The van der Waals surface area contributed by atoms with Crippen LogP contribution in [0.2, 0.25) is 0 Å². The van der Waals surface area contributed by atoms with E-state index in [1.54, 1.807) is 0 Å². The normalized spacial score (nSPS) is 29.7. The van der Waals surface area contributed by atoms with Crippen LogP contribution >= 0.6 is 0 Å². The smallest absolute Gasteiger partial charge is 0.246 e. The van der Waals surface area contributed by atoms with Gasteiger partial charge in [-0.1, -0.05) is 0 Å². The summed E-state index contributed by atoms with van der Waals surface area (Å²) in [5.74, 6) is -3.20. The van der Waals surface area contributed by atoms with Crippen molar-refractivity contribution in [3.8, 4) is 0 Å². The van der Waals surface area contributed by atoms with E-state index in [1.807, 2.05) is 0 Å². The topological polar surface area (TPSA) is 741 Å². The maximum absolute atomic E-state index is 14.6. The van der Waals surface area contributed by atoms with Crippen LogP contribution in [0.15, 0.2) is 0 Å². The summed E-state index contributed by atoms with van der Waals surface area (Å²) in [5, 5.41) is 184. The maximum atomic E-state index is 14.6. The van der Waals surface area contributed by atoms with Crippen LogP contribution in [-0.2, 0) is 85.8 Å². The number of amides is 10. The summed E-state index contributed by atoms with van der Waals surface area (Å²) in [5.41, 5.74) is 7.49. The number of unbranched alkanes of at least 4 members (excludes halogenated alkanes) is 4. The third-order valence-corrected chi connectivity index (χ3v) is 17.4. The second-order valence-corrected chi connectivity index (χ2v) is 25.6. The summed E-state index contributed by atoms with van der Waals surface area (Å²) in [6, 6.07) is -5.96. The second kappa shape index (κ2) is 49.0. The lowest BCUT2D eigenvalue weighted by molar-refractivity contribution is -0.299. The zero-order valence-corrected chi connectivity index (χ0v) is 58.6. The number of nitrogens with two attached hydrogens (primary N) is 2. The van der Waals surface area contributed by atoms with Crippen molar-refractivity contribution in [2.45, 2.75) is 230 Å². The molecule has 4 aliphatic rings. The fraction of sp³-hybridized carbons (Fsp3) is 0.836. The van der Waals surface area contributed by atoms with E-state index in [9.17, 15) is 130 Å². The van der Waals surface area contributed by atoms with Gasteiger partial charge in [0.25, 0.3) is 0 Å². The van der Waals surface area contributed by atoms with Crippen molar-refractivity contribution in [1.82, 2.24) is 53.3 Å². The van der Waals surface area contributed by atoms with Gasteiger partial charge >= 0.3 is 0 Å². The highest BCUT2D eigenvalue weighted by Crippen LogP contribution is 2.26. The van der Waals surface area contributed by atoms with Crippen molar-refractivity contribution in [3.63, 3.8) is 0 Å². The van der Waals surface area contributed by atoms with Crippen LogP contribution in [0, 0.1) is 0 Å². The lowest BCUT2D eigenvalue weighted by Crippen LogP contribution is -2.59. The van der Waals surface area contributed by atoms with Crippen molar-refractivity contribution in [1.29, 1.82) is 0 Å². The van der Waals surface area contributed by atoms with E-state index in [4.69, 9.17) is 49.5 Å². The number of hydrazine groups is 1. The Morgan fingerprint density at radius 1 is 0.318 bits per heavy atom. The van der Waals surface area contributed by atoms with Crippen molar-refractivity contribution in [2.75, 3.05) is 92.1 Å². The third kappa shape index (κ3) is 31.2. The van der Waals surface area contributed by atoms with Crippen LogP contribution in [0.4, 0.5) is 0 Å². The van der Waals surface area contributed by atoms with Crippen LogP contribution in [0.3, 0.4) is 0 Å². The van der Waals surface area contributed by atoms with E-state index < -0.39 is 259 Å². The van der Waals surface area contributed by atoms with Crippen molar-refractivity contribution >= 4 is 59.1 Å². The van der Waals surface area contributed by atoms with Crippen molar-refractivity contribution in [2.24, 2.45) is 11.6 Å². The number of nitrogens with one attached hydrogen (secondary N) is 10. The van der Waals surface area contributed by atoms with Gasteiger partial charge in [0.2, 0.25) is 59.1 Å². The molecule has 10 amide bonds. The van der Waals surface area contributed by atoms with Gasteiger partial charge < -0.3 is 173 Å². The highest BCUT2D eigenvalue weighted by molar-refractivity contribution is 5.94. The molecule has 0 spiro atoms. The Hall–Kier alpha value is -6.34. The zero-order chi connectivity index (χ0) is 79.4. The van der Waals surface area contributed by atoms with Gasteiger partial charge in [-0.2, -0.15) is 0 Å². The fourth-order valence-electron chi connectivity index (χ4n) is 11.1. The summed E-state index contributed by atoms with van der Waals surface area (Å²) in [6.07, 6.45) is -34.4. The molecule has 0 aromatic rings. The first-order chi connectivity index (χ1) is 50.9. The van der Waals surface area contributed by atoms with Crippen molar-refractivity contribution < 1.29 is 168 Å². The van der Waals surface area contributed by atoms with Gasteiger partial charge in [0.15, 0.2) is 25.2 Å². The zero-order valence-electron chi connectivity index (χ0n) is 58.6. The van der Waals surface area contributed by atoms with Gasteiger partial charge in [-0.15, -0.1) is 0 Å². The molecule has 616 valence electrons. The Balaban J connectivity index is 1.54. The lowest BCUT2D eigenvalue weighted by Gasteiger charge is -2.39. The SMILES string of the molecule is NNCC(=O)NCCCC[C@H](NC(=O)[C@H](CCCCNC(=O)[C@H](CCCCNC(=O)CO[C@H]1O[C@H](CO)[C@H](O)[C@H](O)[C@H]1O)NC(=O)CO[C@H]1O[C@H](CO)[C@H](O)[C@H](O)[C@H]1O)NC(=O)[C@H](CCCCNC(=O)CO[C@H]1O[C@H](CO)[C@H](O)[C@H](O)[C@H]1O)NC(=O)CO[C@H]1O[C@H](CO)[C@H](O)[C@H](O)[C@H]1O)C(=O)NCCC(N)=O. The van der Waals surface area contributed by atoms with Gasteiger partial charge in [-0.25, -0.2) is 0 Å². The molecule has 107 heavy (non-hydrogen) atoms. The number of hydrogen-bond acceptors (Lipinski definition) is 36. The van der Waals surface area contributed by atoms with E-state index in [0.717, 1.165) is 0 Å². The molecule has 4 fully saturated rings. The molecule has 0 aliphatic carbocycles. The van der Waals surface area contributed by atoms with E-state index in [0.29, 0.717) is 0 Å².